The number of nitro groups is 1. The Bertz CT molecular complexity index is 730. The molecule has 0 radical (unpaired) electrons. The highest BCUT2D eigenvalue weighted by Crippen LogP contribution is 2.25. The smallest absolute Gasteiger partial charge is 0.347 e. The lowest BCUT2D eigenvalue weighted by Gasteiger charge is -2.09. The molecule has 1 N–H and O–H groups in total. The SMILES string of the molecule is CCNc1cc(Cn2cc(Cl)cnc2=O)ccc1[N+](=O)[O-]. The molecule has 2 aromatic rings. The highest BCUT2D eigenvalue weighted by molar-refractivity contribution is 6.30. The first kappa shape index (κ1) is 15.0. The molecule has 1 aromatic heterocycles. The van der Waals surface area contributed by atoms with Crippen molar-refractivity contribution in [3.05, 3.63) is 61.8 Å². The van der Waals surface area contributed by atoms with Crippen LogP contribution in [0.4, 0.5) is 11.4 Å². The molecule has 0 bridgehead atoms. The maximum Gasteiger partial charge on any atom is 0.347 e. The molecule has 2 rings (SSSR count). The van der Waals surface area contributed by atoms with Crippen LogP contribution in [0.5, 0.6) is 0 Å². The number of nitrogens with zero attached hydrogens (tertiary/aromatic N) is 3. The summed E-state index contributed by atoms with van der Waals surface area (Å²) in [6, 6.07) is 4.66. The fraction of sp³-hybridized carbons (Fsp3) is 0.231. The molecule has 0 unspecified atom stereocenters. The van der Waals surface area contributed by atoms with Gasteiger partial charge in [-0.3, -0.25) is 14.7 Å². The van der Waals surface area contributed by atoms with Gasteiger partial charge in [-0.2, -0.15) is 0 Å². The molecule has 0 amide bonds. The Morgan fingerprint density at radius 3 is 2.90 bits per heavy atom. The third-order valence-corrected chi connectivity index (χ3v) is 3.00. The maximum atomic E-state index is 11.6. The van der Waals surface area contributed by atoms with Crippen LogP contribution in [0.3, 0.4) is 0 Å². The number of hydrogen-bond donors (Lipinski definition) is 1. The molecule has 21 heavy (non-hydrogen) atoms. The van der Waals surface area contributed by atoms with Crippen LogP contribution in [-0.2, 0) is 6.54 Å². The zero-order valence-corrected chi connectivity index (χ0v) is 12.0. The van der Waals surface area contributed by atoms with Gasteiger partial charge in [-0.15, -0.1) is 0 Å². The standard InChI is InChI=1S/C13H13ClN4O3/c1-2-15-11-5-9(3-4-12(11)18(20)21)7-17-8-10(14)6-16-13(17)19/h3-6,8,15H,2,7H2,1H3. The molecule has 0 saturated carbocycles. The largest absolute Gasteiger partial charge is 0.380 e. The summed E-state index contributed by atoms with van der Waals surface area (Å²) in [7, 11) is 0. The van der Waals surface area contributed by atoms with E-state index in [1.165, 1.54) is 23.0 Å². The van der Waals surface area contributed by atoms with Gasteiger partial charge < -0.3 is 5.32 Å². The summed E-state index contributed by atoms with van der Waals surface area (Å²) >= 11 is 5.81. The second-order valence-corrected chi connectivity index (χ2v) is 4.76. The summed E-state index contributed by atoms with van der Waals surface area (Å²) in [5.74, 6) is 0. The number of hydrogen-bond acceptors (Lipinski definition) is 5. The fourth-order valence-electron chi connectivity index (χ4n) is 1.91. The van der Waals surface area contributed by atoms with Crippen molar-refractivity contribution in [2.75, 3.05) is 11.9 Å². The van der Waals surface area contributed by atoms with E-state index in [9.17, 15) is 14.9 Å². The van der Waals surface area contributed by atoms with Gasteiger partial charge >= 0.3 is 5.69 Å². The van der Waals surface area contributed by atoms with E-state index in [0.717, 1.165) is 5.56 Å². The van der Waals surface area contributed by atoms with Crippen LogP contribution in [0.2, 0.25) is 5.02 Å². The Kier molecular flexibility index (Phi) is 4.54. The van der Waals surface area contributed by atoms with Crippen LogP contribution >= 0.6 is 11.6 Å². The lowest BCUT2D eigenvalue weighted by Crippen LogP contribution is -2.22. The molecule has 0 spiro atoms. The van der Waals surface area contributed by atoms with Gasteiger partial charge in [0.1, 0.15) is 5.69 Å². The molecule has 8 heteroatoms. The molecular weight excluding hydrogens is 296 g/mol. The number of benzene rings is 1. The van der Waals surface area contributed by atoms with Crippen molar-refractivity contribution in [1.82, 2.24) is 9.55 Å². The molecule has 0 aliphatic carbocycles. The average Bonchev–Trinajstić information content (AvgIpc) is 2.43. The summed E-state index contributed by atoms with van der Waals surface area (Å²) in [6.07, 6.45) is 2.76. The fourth-order valence-corrected chi connectivity index (χ4v) is 2.08. The van der Waals surface area contributed by atoms with E-state index in [0.29, 0.717) is 17.3 Å². The maximum absolute atomic E-state index is 11.6. The molecule has 7 nitrogen and oxygen atoms in total. The second-order valence-electron chi connectivity index (χ2n) is 4.32. The number of anilines is 1. The van der Waals surface area contributed by atoms with Gasteiger partial charge in [0.05, 0.1) is 22.7 Å². The lowest BCUT2D eigenvalue weighted by atomic mass is 10.1. The third-order valence-electron chi connectivity index (χ3n) is 2.80. The van der Waals surface area contributed by atoms with E-state index < -0.39 is 10.6 Å². The van der Waals surface area contributed by atoms with E-state index in [4.69, 9.17) is 11.6 Å². The van der Waals surface area contributed by atoms with Crippen LogP contribution in [0, 0.1) is 10.1 Å². The molecular formula is C13H13ClN4O3. The van der Waals surface area contributed by atoms with Crippen molar-refractivity contribution in [3.63, 3.8) is 0 Å². The molecule has 0 fully saturated rings. The predicted molar refractivity (Wildman–Crippen MR) is 79.9 cm³/mol. The molecule has 110 valence electrons. The first-order valence-electron chi connectivity index (χ1n) is 6.24. The Morgan fingerprint density at radius 2 is 2.24 bits per heavy atom. The summed E-state index contributed by atoms with van der Waals surface area (Å²) < 4.78 is 1.35. The molecule has 1 heterocycles. The average molecular weight is 309 g/mol. The number of aromatic nitrogens is 2. The van der Waals surface area contributed by atoms with Crippen molar-refractivity contribution in [3.8, 4) is 0 Å². The lowest BCUT2D eigenvalue weighted by molar-refractivity contribution is -0.384. The number of halogens is 1. The van der Waals surface area contributed by atoms with Crippen molar-refractivity contribution in [1.29, 1.82) is 0 Å². The highest BCUT2D eigenvalue weighted by atomic mass is 35.5. The van der Waals surface area contributed by atoms with E-state index in [1.807, 2.05) is 6.92 Å². The minimum absolute atomic E-state index is 0.00262. The first-order valence-corrected chi connectivity index (χ1v) is 6.62. The summed E-state index contributed by atoms with van der Waals surface area (Å²) in [6.45, 7) is 2.65. The zero-order chi connectivity index (χ0) is 15.4. The van der Waals surface area contributed by atoms with Gasteiger partial charge in [0.2, 0.25) is 0 Å². The summed E-state index contributed by atoms with van der Waals surface area (Å²) in [5.41, 5.74) is 0.727. The van der Waals surface area contributed by atoms with Crippen LogP contribution in [0.15, 0.2) is 35.4 Å². The Labute approximate surface area is 125 Å². The van der Waals surface area contributed by atoms with Crippen LogP contribution < -0.4 is 11.0 Å². The zero-order valence-electron chi connectivity index (χ0n) is 11.2. The summed E-state index contributed by atoms with van der Waals surface area (Å²) in [4.78, 5) is 25.8. The van der Waals surface area contributed by atoms with E-state index in [-0.39, 0.29) is 12.2 Å². The number of nitrogens with one attached hydrogen (secondary N) is 1. The monoisotopic (exact) mass is 308 g/mol. The normalized spacial score (nSPS) is 10.4. The van der Waals surface area contributed by atoms with E-state index in [1.54, 1.807) is 12.1 Å². The molecule has 0 atom stereocenters. The first-order chi connectivity index (χ1) is 10.0. The predicted octanol–water partition coefficient (Wildman–Crippen LogP) is 2.29. The topological polar surface area (TPSA) is 90.1 Å². The highest BCUT2D eigenvalue weighted by Gasteiger charge is 2.13. The van der Waals surface area contributed by atoms with Crippen molar-refractivity contribution >= 4 is 23.0 Å². The van der Waals surface area contributed by atoms with Gasteiger partial charge in [-0.05, 0) is 18.6 Å². The van der Waals surface area contributed by atoms with Crippen molar-refractivity contribution < 1.29 is 4.92 Å². The minimum atomic E-state index is -0.450. The second kappa shape index (κ2) is 6.36. The molecule has 0 saturated heterocycles. The summed E-state index contributed by atoms with van der Waals surface area (Å²) in [5, 5.41) is 14.2. The van der Waals surface area contributed by atoms with Crippen molar-refractivity contribution in [2.24, 2.45) is 0 Å². The van der Waals surface area contributed by atoms with Crippen molar-refractivity contribution in [2.45, 2.75) is 13.5 Å². The van der Waals surface area contributed by atoms with Gasteiger partial charge in [-0.1, -0.05) is 17.7 Å². The Morgan fingerprint density at radius 1 is 1.48 bits per heavy atom. The number of rotatable bonds is 5. The van der Waals surface area contributed by atoms with Gasteiger partial charge in [0, 0.05) is 18.8 Å². The van der Waals surface area contributed by atoms with Crippen LogP contribution in [0.1, 0.15) is 12.5 Å². The van der Waals surface area contributed by atoms with Gasteiger partial charge in [0.15, 0.2) is 0 Å². The van der Waals surface area contributed by atoms with Gasteiger partial charge in [-0.25, -0.2) is 9.78 Å². The Balaban J connectivity index is 2.36. The molecule has 0 aliphatic rings. The van der Waals surface area contributed by atoms with E-state index >= 15 is 0 Å². The van der Waals surface area contributed by atoms with Crippen LogP contribution in [0.25, 0.3) is 0 Å². The molecule has 1 aromatic carbocycles. The quantitative estimate of drug-likeness (QED) is 0.676. The third kappa shape index (κ3) is 3.57. The molecule has 0 aliphatic heterocycles. The Hall–Kier alpha value is -2.41. The minimum Gasteiger partial charge on any atom is -0.380 e. The van der Waals surface area contributed by atoms with Crippen LogP contribution in [-0.4, -0.2) is 21.0 Å². The van der Waals surface area contributed by atoms with E-state index in [2.05, 4.69) is 10.3 Å². The van der Waals surface area contributed by atoms with Gasteiger partial charge in [0.25, 0.3) is 5.69 Å². The number of nitro benzene ring substituents is 1.